The number of rotatable bonds is 7. The maximum atomic E-state index is 10.5. The van der Waals surface area contributed by atoms with E-state index in [-0.39, 0.29) is 12.6 Å². The van der Waals surface area contributed by atoms with Gasteiger partial charge in [0.15, 0.2) is 0 Å². The highest BCUT2D eigenvalue weighted by Gasteiger charge is 2.32. The molecule has 3 aromatic carbocycles. The fourth-order valence-corrected chi connectivity index (χ4v) is 3.88. The van der Waals surface area contributed by atoms with Crippen LogP contribution in [0.1, 0.15) is 22.7 Å². The van der Waals surface area contributed by atoms with E-state index in [1.54, 1.807) is 0 Å². The van der Waals surface area contributed by atoms with Gasteiger partial charge in [0.25, 0.3) is 0 Å². The van der Waals surface area contributed by atoms with Crippen molar-refractivity contribution in [1.82, 2.24) is 0 Å². The lowest BCUT2D eigenvalue weighted by Gasteiger charge is -2.33. The minimum Gasteiger partial charge on any atom is -0.489 e. The number of aliphatic hydroxyl groups excluding tert-OH is 2. The van der Waals surface area contributed by atoms with Crippen molar-refractivity contribution in [2.24, 2.45) is 0 Å². The fraction of sp³-hybridized carbons (Fsp3) is 0.250. The molecule has 144 valence electrons. The van der Waals surface area contributed by atoms with Gasteiger partial charge in [0.05, 0.1) is 12.6 Å². The highest BCUT2D eigenvalue weighted by Crippen LogP contribution is 2.38. The second-order valence-electron chi connectivity index (χ2n) is 7.11. The summed E-state index contributed by atoms with van der Waals surface area (Å²) in [6.07, 6.45) is 0.0432. The Hall–Kier alpha value is -2.82. The third-order valence-electron chi connectivity index (χ3n) is 5.26. The lowest BCUT2D eigenvalue weighted by Crippen LogP contribution is -2.37. The van der Waals surface area contributed by atoms with Crippen LogP contribution in [0.3, 0.4) is 0 Å². The number of anilines is 1. The summed E-state index contributed by atoms with van der Waals surface area (Å²) in [5, 5.41) is 20.1. The maximum Gasteiger partial charge on any atom is 0.120 e. The zero-order chi connectivity index (χ0) is 19.3. The molecule has 0 saturated carbocycles. The van der Waals surface area contributed by atoms with Gasteiger partial charge in [0, 0.05) is 12.2 Å². The van der Waals surface area contributed by atoms with E-state index in [0.29, 0.717) is 6.61 Å². The summed E-state index contributed by atoms with van der Waals surface area (Å²) >= 11 is 0. The normalized spacial score (nSPS) is 15.1. The molecular formula is C24H25NO3. The standard InChI is InChI=1S/C24H25NO3/c26-16-23(27)24(19-9-5-2-6-10-19)25-14-13-20-15-21(11-12-22(20)25)28-17-18-7-3-1-4-8-18/h1-12,15,23-24,26-27H,13-14,16-17H2/t23-,24+/m1/s1. The Kier molecular flexibility index (Phi) is 5.60. The van der Waals surface area contributed by atoms with Crippen LogP contribution in [-0.2, 0) is 13.0 Å². The van der Waals surface area contributed by atoms with Crippen LogP contribution in [0.15, 0.2) is 78.9 Å². The summed E-state index contributed by atoms with van der Waals surface area (Å²) in [6.45, 7) is 1.07. The number of ether oxygens (including phenoxy) is 1. The number of fused-ring (bicyclic) bond motifs is 1. The average molecular weight is 375 g/mol. The molecule has 1 heterocycles. The summed E-state index contributed by atoms with van der Waals surface area (Å²) in [5.74, 6) is 0.850. The Morgan fingerprint density at radius 2 is 1.64 bits per heavy atom. The van der Waals surface area contributed by atoms with Crippen LogP contribution in [0.25, 0.3) is 0 Å². The molecule has 0 spiro atoms. The molecule has 1 aliphatic heterocycles. The first-order valence-electron chi connectivity index (χ1n) is 9.66. The van der Waals surface area contributed by atoms with Crippen molar-refractivity contribution in [2.75, 3.05) is 18.1 Å². The largest absolute Gasteiger partial charge is 0.489 e. The van der Waals surface area contributed by atoms with Crippen LogP contribution in [0, 0.1) is 0 Å². The summed E-state index contributed by atoms with van der Waals surface area (Å²) in [7, 11) is 0. The van der Waals surface area contributed by atoms with Gasteiger partial charge in [-0.25, -0.2) is 0 Å². The zero-order valence-corrected chi connectivity index (χ0v) is 15.7. The summed E-state index contributed by atoms with van der Waals surface area (Å²) in [5.41, 5.74) is 4.44. The van der Waals surface area contributed by atoms with Crippen molar-refractivity contribution in [3.05, 3.63) is 95.6 Å². The first kappa shape index (κ1) is 18.5. The molecule has 2 atom stereocenters. The van der Waals surface area contributed by atoms with Crippen molar-refractivity contribution in [3.63, 3.8) is 0 Å². The first-order chi connectivity index (χ1) is 13.8. The molecule has 4 rings (SSSR count). The van der Waals surface area contributed by atoms with Crippen LogP contribution >= 0.6 is 0 Å². The molecule has 1 aliphatic rings. The Morgan fingerprint density at radius 1 is 0.929 bits per heavy atom. The number of hydrogen-bond donors (Lipinski definition) is 2. The van der Waals surface area contributed by atoms with Crippen LogP contribution in [-0.4, -0.2) is 29.5 Å². The van der Waals surface area contributed by atoms with Crippen LogP contribution < -0.4 is 9.64 Å². The van der Waals surface area contributed by atoms with E-state index in [1.807, 2.05) is 54.6 Å². The van der Waals surface area contributed by atoms with Gasteiger partial charge in [-0.15, -0.1) is 0 Å². The van der Waals surface area contributed by atoms with Crippen molar-refractivity contribution in [2.45, 2.75) is 25.2 Å². The molecule has 0 aromatic heterocycles. The number of hydrogen-bond acceptors (Lipinski definition) is 4. The lowest BCUT2D eigenvalue weighted by atomic mass is 9.99. The SMILES string of the molecule is OC[C@@H](O)[C@H](c1ccccc1)N1CCc2cc(OCc3ccccc3)ccc21. The Balaban J connectivity index is 1.55. The predicted molar refractivity (Wildman–Crippen MR) is 111 cm³/mol. The van der Waals surface area contributed by atoms with Crippen LogP contribution in [0.4, 0.5) is 5.69 Å². The predicted octanol–water partition coefficient (Wildman–Crippen LogP) is 3.72. The minimum absolute atomic E-state index is 0.274. The first-order valence-corrected chi connectivity index (χ1v) is 9.66. The van der Waals surface area contributed by atoms with Crippen molar-refractivity contribution >= 4 is 5.69 Å². The molecule has 28 heavy (non-hydrogen) atoms. The number of aliphatic hydroxyl groups is 2. The molecular weight excluding hydrogens is 350 g/mol. The number of nitrogens with zero attached hydrogens (tertiary/aromatic N) is 1. The van der Waals surface area contributed by atoms with Crippen molar-refractivity contribution in [1.29, 1.82) is 0 Å². The third kappa shape index (κ3) is 3.88. The number of benzene rings is 3. The smallest absolute Gasteiger partial charge is 0.120 e. The van der Waals surface area contributed by atoms with E-state index in [4.69, 9.17) is 4.74 Å². The fourth-order valence-electron chi connectivity index (χ4n) is 3.88. The topological polar surface area (TPSA) is 52.9 Å². The van der Waals surface area contributed by atoms with E-state index < -0.39 is 6.10 Å². The monoisotopic (exact) mass is 375 g/mol. The highest BCUT2D eigenvalue weighted by atomic mass is 16.5. The van der Waals surface area contributed by atoms with Crippen LogP contribution in [0.5, 0.6) is 5.75 Å². The molecule has 0 aliphatic carbocycles. The van der Waals surface area contributed by atoms with Gasteiger partial charge in [0.1, 0.15) is 18.5 Å². The van der Waals surface area contributed by atoms with Crippen molar-refractivity contribution < 1.29 is 14.9 Å². The Labute approximate surface area is 165 Å². The zero-order valence-electron chi connectivity index (χ0n) is 15.7. The van der Waals surface area contributed by atoms with E-state index >= 15 is 0 Å². The molecule has 2 N–H and O–H groups in total. The van der Waals surface area contributed by atoms with Gasteiger partial charge in [-0.1, -0.05) is 60.7 Å². The molecule has 4 heteroatoms. The summed E-state index contributed by atoms with van der Waals surface area (Å²) in [6, 6.07) is 25.9. The minimum atomic E-state index is -0.845. The van der Waals surface area contributed by atoms with Gasteiger partial charge in [0.2, 0.25) is 0 Å². The molecule has 0 amide bonds. The van der Waals surface area contributed by atoms with E-state index in [0.717, 1.165) is 35.5 Å². The molecule has 0 radical (unpaired) electrons. The Bertz CT molecular complexity index is 898. The Morgan fingerprint density at radius 3 is 2.36 bits per heavy atom. The molecule has 0 fully saturated rings. The van der Waals surface area contributed by atoms with Gasteiger partial charge < -0.3 is 19.8 Å². The van der Waals surface area contributed by atoms with E-state index in [9.17, 15) is 10.2 Å². The van der Waals surface area contributed by atoms with E-state index in [1.165, 1.54) is 5.56 Å². The molecule has 4 nitrogen and oxygen atoms in total. The molecule has 3 aromatic rings. The van der Waals surface area contributed by atoms with Gasteiger partial charge in [-0.3, -0.25) is 0 Å². The van der Waals surface area contributed by atoms with Gasteiger partial charge in [-0.05, 0) is 41.3 Å². The molecule has 0 unspecified atom stereocenters. The van der Waals surface area contributed by atoms with Crippen LogP contribution in [0.2, 0.25) is 0 Å². The molecule has 0 bridgehead atoms. The lowest BCUT2D eigenvalue weighted by molar-refractivity contribution is 0.0717. The van der Waals surface area contributed by atoms with Gasteiger partial charge >= 0.3 is 0 Å². The second-order valence-corrected chi connectivity index (χ2v) is 7.11. The van der Waals surface area contributed by atoms with Crippen molar-refractivity contribution in [3.8, 4) is 5.75 Å². The molecule has 0 saturated heterocycles. The third-order valence-corrected chi connectivity index (χ3v) is 5.26. The average Bonchev–Trinajstić information content (AvgIpc) is 3.17. The summed E-state index contributed by atoms with van der Waals surface area (Å²) in [4.78, 5) is 2.19. The summed E-state index contributed by atoms with van der Waals surface area (Å²) < 4.78 is 5.96. The second kappa shape index (κ2) is 8.46. The van der Waals surface area contributed by atoms with Gasteiger partial charge in [-0.2, -0.15) is 0 Å². The highest BCUT2D eigenvalue weighted by molar-refractivity contribution is 5.62. The maximum absolute atomic E-state index is 10.5. The quantitative estimate of drug-likeness (QED) is 0.661. The van der Waals surface area contributed by atoms with E-state index in [2.05, 4.69) is 29.2 Å².